The first-order valence-corrected chi connectivity index (χ1v) is 7.29. The summed E-state index contributed by atoms with van der Waals surface area (Å²) in [7, 11) is 0. The summed E-state index contributed by atoms with van der Waals surface area (Å²) in [6, 6.07) is 7.29. The Morgan fingerprint density at radius 1 is 1.05 bits per heavy atom. The van der Waals surface area contributed by atoms with Crippen LogP contribution in [0.5, 0.6) is 5.75 Å². The molecule has 0 N–H and O–H groups in total. The number of benzene rings is 1. The number of hydrogen-bond donors (Lipinski definition) is 0. The van der Waals surface area contributed by atoms with Crippen molar-refractivity contribution in [1.82, 2.24) is 4.90 Å². The van der Waals surface area contributed by atoms with E-state index < -0.39 is 0 Å². The van der Waals surface area contributed by atoms with Crippen molar-refractivity contribution in [2.45, 2.75) is 32.1 Å². The predicted octanol–water partition coefficient (Wildman–Crippen LogP) is 3.57. The molecule has 1 fully saturated rings. The van der Waals surface area contributed by atoms with Gasteiger partial charge in [-0.2, -0.15) is 0 Å². The Hall–Kier alpha value is -1.06. The lowest BCUT2D eigenvalue weighted by molar-refractivity contribution is 0.112. The van der Waals surface area contributed by atoms with E-state index in [1.54, 1.807) is 12.1 Å². The van der Waals surface area contributed by atoms with Gasteiger partial charge in [-0.25, -0.2) is 0 Å². The van der Waals surface area contributed by atoms with Gasteiger partial charge in [0, 0.05) is 5.56 Å². The number of unbranched alkanes of at least 4 members (excludes halogenated alkanes) is 1. The van der Waals surface area contributed by atoms with Gasteiger partial charge in [0.25, 0.3) is 0 Å². The molecule has 1 aromatic carbocycles. The maximum atomic E-state index is 10.5. The highest BCUT2D eigenvalue weighted by molar-refractivity contribution is 5.85. The van der Waals surface area contributed by atoms with Gasteiger partial charge in [0.15, 0.2) is 0 Å². The van der Waals surface area contributed by atoms with Gasteiger partial charge < -0.3 is 9.64 Å². The van der Waals surface area contributed by atoms with Gasteiger partial charge in [0.05, 0.1) is 6.61 Å². The average Bonchev–Trinajstić information content (AvgIpc) is 2.49. The second kappa shape index (κ2) is 9.78. The molecule has 1 saturated heterocycles. The summed E-state index contributed by atoms with van der Waals surface area (Å²) in [4.78, 5) is 13.1. The standard InChI is InChI=1S/C16H23NO2.ClH/c18-14-15-6-8-16(9-7-15)19-13-5-4-12-17-10-2-1-3-11-17;/h6-9,14H,1-5,10-13H2;1H. The van der Waals surface area contributed by atoms with Gasteiger partial charge in [-0.05, 0) is 69.6 Å². The van der Waals surface area contributed by atoms with Gasteiger partial charge >= 0.3 is 0 Å². The second-order valence-corrected chi connectivity index (χ2v) is 5.14. The van der Waals surface area contributed by atoms with E-state index in [2.05, 4.69) is 4.90 Å². The van der Waals surface area contributed by atoms with E-state index in [1.165, 1.54) is 45.3 Å². The molecule has 1 aromatic rings. The first-order chi connectivity index (χ1) is 9.38. The van der Waals surface area contributed by atoms with Crippen molar-refractivity contribution < 1.29 is 9.53 Å². The summed E-state index contributed by atoms with van der Waals surface area (Å²) >= 11 is 0. The number of halogens is 1. The molecule has 0 atom stereocenters. The molecule has 0 saturated carbocycles. The molecular weight excluding hydrogens is 274 g/mol. The summed E-state index contributed by atoms with van der Waals surface area (Å²) in [6.07, 6.45) is 7.26. The van der Waals surface area contributed by atoms with Gasteiger partial charge in [0.1, 0.15) is 12.0 Å². The summed E-state index contributed by atoms with van der Waals surface area (Å²) in [5.74, 6) is 0.851. The zero-order chi connectivity index (χ0) is 13.3. The number of ether oxygens (including phenoxy) is 1. The summed E-state index contributed by atoms with van der Waals surface area (Å²) in [5.41, 5.74) is 0.692. The SMILES string of the molecule is Cl.O=Cc1ccc(OCCCCN2CCCCC2)cc1. The molecule has 0 spiro atoms. The van der Waals surface area contributed by atoms with Crippen LogP contribution in [-0.2, 0) is 0 Å². The summed E-state index contributed by atoms with van der Waals surface area (Å²) in [6.45, 7) is 4.50. The highest BCUT2D eigenvalue weighted by atomic mass is 35.5. The molecule has 112 valence electrons. The third-order valence-corrected chi connectivity index (χ3v) is 3.60. The third kappa shape index (κ3) is 5.93. The first-order valence-electron chi connectivity index (χ1n) is 7.29. The zero-order valence-electron chi connectivity index (χ0n) is 11.9. The number of nitrogens with zero attached hydrogens (tertiary/aromatic N) is 1. The molecule has 0 bridgehead atoms. The number of rotatable bonds is 7. The van der Waals surface area contributed by atoms with Crippen LogP contribution in [0.3, 0.4) is 0 Å². The van der Waals surface area contributed by atoms with Crippen LogP contribution in [0.1, 0.15) is 42.5 Å². The zero-order valence-corrected chi connectivity index (χ0v) is 12.7. The van der Waals surface area contributed by atoms with Crippen LogP contribution in [0.2, 0.25) is 0 Å². The highest BCUT2D eigenvalue weighted by Gasteiger charge is 2.08. The molecule has 1 aliphatic heterocycles. The summed E-state index contributed by atoms with van der Waals surface area (Å²) < 4.78 is 5.66. The fourth-order valence-corrected chi connectivity index (χ4v) is 2.45. The van der Waals surface area contributed by atoms with E-state index in [1.807, 2.05) is 12.1 Å². The molecule has 0 aliphatic carbocycles. The number of likely N-dealkylation sites (tertiary alicyclic amines) is 1. The Bertz CT molecular complexity index is 375. The van der Waals surface area contributed by atoms with Crippen molar-refractivity contribution in [3.8, 4) is 5.75 Å². The van der Waals surface area contributed by atoms with E-state index in [0.29, 0.717) is 5.56 Å². The van der Waals surface area contributed by atoms with Crippen molar-refractivity contribution in [2.24, 2.45) is 0 Å². The molecule has 1 heterocycles. The lowest BCUT2D eigenvalue weighted by Gasteiger charge is -2.26. The van der Waals surface area contributed by atoms with Crippen LogP contribution in [-0.4, -0.2) is 37.4 Å². The first kappa shape index (κ1) is 17.0. The number of carbonyl (C=O) groups excluding carboxylic acids is 1. The van der Waals surface area contributed by atoms with Crippen molar-refractivity contribution in [3.05, 3.63) is 29.8 Å². The van der Waals surface area contributed by atoms with Gasteiger partial charge in [0.2, 0.25) is 0 Å². The van der Waals surface area contributed by atoms with E-state index in [4.69, 9.17) is 4.74 Å². The number of aldehydes is 1. The molecule has 0 unspecified atom stereocenters. The number of piperidine rings is 1. The quantitative estimate of drug-likeness (QED) is 0.569. The van der Waals surface area contributed by atoms with Crippen molar-refractivity contribution in [3.63, 3.8) is 0 Å². The molecule has 0 amide bonds. The largest absolute Gasteiger partial charge is 0.494 e. The van der Waals surface area contributed by atoms with Crippen LogP contribution in [0.15, 0.2) is 24.3 Å². The maximum Gasteiger partial charge on any atom is 0.150 e. The van der Waals surface area contributed by atoms with Gasteiger partial charge in [-0.15, -0.1) is 12.4 Å². The fourth-order valence-electron chi connectivity index (χ4n) is 2.45. The Labute approximate surface area is 127 Å². The van der Waals surface area contributed by atoms with Crippen molar-refractivity contribution >= 4 is 18.7 Å². The minimum atomic E-state index is 0. The molecule has 0 aromatic heterocycles. The van der Waals surface area contributed by atoms with Crippen LogP contribution in [0, 0.1) is 0 Å². The van der Waals surface area contributed by atoms with E-state index >= 15 is 0 Å². The molecule has 20 heavy (non-hydrogen) atoms. The minimum Gasteiger partial charge on any atom is -0.494 e. The van der Waals surface area contributed by atoms with Crippen LogP contribution >= 0.6 is 12.4 Å². The van der Waals surface area contributed by atoms with E-state index in [0.717, 1.165) is 25.1 Å². The smallest absolute Gasteiger partial charge is 0.150 e. The van der Waals surface area contributed by atoms with Gasteiger partial charge in [-0.1, -0.05) is 6.42 Å². The Balaban J connectivity index is 0.00000200. The normalized spacial score (nSPS) is 15.4. The molecular formula is C16H24ClNO2. The molecule has 0 radical (unpaired) electrons. The minimum absolute atomic E-state index is 0. The van der Waals surface area contributed by atoms with Crippen molar-refractivity contribution in [2.75, 3.05) is 26.2 Å². The lowest BCUT2D eigenvalue weighted by Crippen LogP contribution is -2.30. The van der Waals surface area contributed by atoms with Crippen LogP contribution < -0.4 is 4.74 Å². The third-order valence-electron chi connectivity index (χ3n) is 3.60. The topological polar surface area (TPSA) is 29.5 Å². The molecule has 1 aliphatic rings. The molecule has 4 heteroatoms. The van der Waals surface area contributed by atoms with Crippen LogP contribution in [0.25, 0.3) is 0 Å². The summed E-state index contributed by atoms with van der Waals surface area (Å²) in [5, 5.41) is 0. The monoisotopic (exact) mass is 297 g/mol. The average molecular weight is 298 g/mol. The van der Waals surface area contributed by atoms with E-state index in [-0.39, 0.29) is 12.4 Å². The number of carbonyl (C=O) groups is 1. The van der Waals surface area contributed by atoms with Crippen LogP contribution in [0.4, 0.5) is 0 Å². The van der Waals surface area contributed by atoms with Crippen molar-refractivity contribution in [1.29, 1.82) is 0 Å². The lowest BCUT2D eigenvalue weighted by atomic mass is 10.1. The molecule has 2 rings (SSSR count). The second-order valence-electron chi connectivity index (χ2n) is 5.14. The maximum absolute atomic E-state index is 10.5. The fraction of sp³-hybridized carbons (Fsp3) is 0.562. The Morgan fingerprint density at radius 3 is 2.40 bits per heavy atom. The van der Waals surface area contributed by atoms with E-state index in [9.17, 15) is 4.79 Å². The predicted molar refractivity (Wildman–Crippen MR) is 84.1 cm³/mol. The molecule has 3 nitrogen and oxygen atoms in total. The highest BCUT2D eigenvalue weighted by Crippen LogP contribution is 2.12. The Kier molecular flexibility index (Phi) is 8.31. The Morgan fingerprint density at radius 2 is 1.75 bits per heavy atom. The van der Waals surface area contributed by atoms with Gasteiger partial charge in [-0.3, -0.25) is 4.79 Å². The number of hydrogen-bond acceptors (Lipinski definition) is 3.